The summed E-state index contributed by atoms with van der Waals surface area (Å²) in [5, 5.41) is 5.29. The fourth-order valence-corrected chi connectivity index (χ4v) is 8.29. The molecule has 61 heavy (non-hydrogen) atoms. The first-order valence-corrected chi connectivity index (χ1v) is 19.7. The van der Waals surface area contributed by atoms with Gasteiger partial charge in [-0.2, -0.15) is 0 Å². The molecule has 9 aromatic carbocycles. The van der Waals surface area contributed by atoms with Gasteiger partial charge in [0.2, 0.25) is 0 Å². The first-order valence-electron chi connectivity index (χ1n) is 19.7. The van der Waals surface area contributed by atoms with E-state index >= 15 is 0 Å². The van der Waals surface area contributed by atoms with Crippen LogP contribution in [0.15, 0.2) is 158 Å². The van der Waals surface area contributed by atoms with Crippen LogP contribution >= 0.6 is 0 Å². The monoisotopic (exact) mass is 757 g/mol. The minimum absolute atomic E-state index is 0.150. The number of benzene rings is 9. The van der Waals surface area contributed by atoms with Crippen molar-refractivity contribution in [2.75, 3.05) is 0 Å². The minimum Gasteiger partial charge on any atom is -0.208 e. The Bertz CT molecular complexity index is 3390. The van der Waals surface area contributed by atoms with Gasteiger partial charge in [-0.1, -0.05) is 155 Å². The smallest absolute Gasteiger partial charge is 0.164 e. The molecule has 0 saturated heterocycles. The molecule has 0 unspecified atom stereocenters. The Kier molecular flexibility index (Phi) is 9.67. The molecule has 266 valence electrons. The van der Waals surface area contributed by atoms with Crippen molar-refractivity contribution in [3.63, 3.8) is 0 Å². The molecule has 0 bridgehead atoms. The maximum atomic E-state index is 6.64. The third kappa shape index (κ3) is 6.71. The maximum absolute atomic E-state index is 6.64. The third-order valence-electron chi connectivity index (χ3n) is 11.5. The van der Waals surface area contributed by atoms with E-state index in [2.05, 4.69) is 91.0 Å². The summed E-state index contributed by atoms with van der Waals surface area (Å²) in [6, 6.07) is 53.8. The van der Waals surface area contributed by atoms with Gasteiger partial charge in [0.15, 0.2) is 17.5 Å². The van der Waals surface area contributed by atoms with Crippen molar-refractivity contribution in [2.24, 2.45) is 0 Å². The number of fused-ring (bicyclic) bond motifs is 3. The van der Waals surface area contributed by atoms with E-state index in [1.165, 1.54) is 10.8 Å². The van der Waals surface area contributed by atoms with E-state index in [1.54, 1.807) is 0 Å². The molecule has 3 nitrogen and oxygen atoms in total. The second kappa shape index (κ2) is 15.4. The summed E-state index contributed by atoms with van der Waals surface area (Å²) in [6.07, 6.45) is 0. The van der Waals surface area contributed by atoms with Gasteiger partial charge in [0.25, 0.3) is 0 Å². The Morgan fingerprint density at radius 1 is 0.279 bits per heavy atom. The molecule has 0 fully saturated rings. The van der Waals surface area contributed by atoms with Gasteiger partial charge in [-0.05, 0) is 90.0 Å². The highest BCUT2D eigenvalue weighted by Crippen LogP contribution is 2.34. The van der Waals surface area contributed by atoms with Crippen LogP contribution in [0.25, 0.3) is 99.9 Å². The van der Waals surface area contributed by atoms with Crippen LogP contribution in [0.1, 0.15) is 0 Å². The van der Waals surface area contributed by atoms with Crippen molar-refractivity contribution in [3.05, 3.63) is 158 Å². The highest BCUT2D eigenvalue weighted by Gasteiger charge is 2.19. The predicted molar refractivity (Wildman–Crippen MR) is 263 cm³/mol. The van der Waals surface area contributed by atoms with Crippen LogP contribution in [-0.4, -0.2) is 69.9 Å². The van der Waals surface area contributed by atoms with E-state index in [-0.39, 0.29) is 38.2 Å². The van der Waals surface area contributed by atoms with Gasteiger partial charge in [0.05, 0.1) is 0 Å². The van der Waals surface area contributed by atoms with Crippen LogP contribution in [-0.2, 0) is 0 Å². The lowest BCUT2D eigenvalue weighted by Gasteiger charge is -2.25. The van der Waals surface area contributed by atoms with Crippen LogP contribution in [0, 0.1) is 0 Å². The molecule has 10 heteroatoms. The molecule has 1 heterocycles. The molecule has 14 radical (unpaired) electrons. The molecule has 0 atom stereocenters. The Balaban J connectivity index is 1.05. The van der Waals surface area contributed by atoms with E-state index in [0.29, 0.717) is 33.8 Å². The van der Waals surface area contributed by atoms with Gasteiger partial charge < -0.3 is 0 Å². The largest absolute Gasteiger partial charge is 0.208 e. The fraction of sp³-hybridized carbons (Fsp3) is 0. The molecule has 10 aromatic rings. The predicted octanol–water partition coefficient (Wildman–Crippen LogP) is 4.89. The van der Waals surface area contributed by atoms with E-state index in [1.807, 2.05) is 66.7 Å². The fourth-order valence-electron chi connectivity index (χ4n) is 8.29. The highest BCUT2D eigenvalue weighted by atomic mass is 15.0. The zero-order valence-electron chi connectivity index (χ0n) is 32.9. The summed E-state index contributed by atoms with van der Waals surface area (Å²) >= 11 is 0. The second-order valence-electron chi connectivity index (χ2n) is 15.2. The van der Waals surface area contributed by atoms with Gasteiger partial charge >= 0.3 is 0 Å². The molecule has 1 aromatic heterocycles. The van der Waals surface area contributed by atoms with Crippen molar-refractivity contribution in [1.29, 1.82) is 0 Å². The summed E-state index contributed by atoms with van der Waals surface area (Å²) in [6.45, 7) is 0. The first kappa shape index (κ1) is 38.4. The van der Waals surface area contributed by atoms with Gasteiger partial charge in [-0.25, -0.2) is 15.0 Å². The zero-order valence-corrected chi connectivity index (χ0v) is 32.9. The van der Waals surface area contributed by atoms with Crippen LogP contribution in [0.3, 0.4) is 0 Å². The minimum atomic E-state index is 0.150. The van der Waals surface area contributed by atoms with Gasteiger partial charge in [-0.15, -0.1) is 16.4 Å². The normalized spacial score (nSPS) is 11.4. The number of hydrogen-bond acceptors (Lipinski definition) is 3. The topological polar surface area (TPSA) is 38.7 Å². The van der Waals surface area contributed by atoms with E-state index in [9.17, 15) is 0 Å². The molecule has 0 aliphatic rings. The number of nitrogens with zero attached hydrogens (tertiary/aromatic N) is 3. The van der Waals surface area contributed by atoms with E-state index < -0.39 is 0 Å². The Morgan fingerprint density at radius 3 is 1.43 bits per heavy atom. The summed E-state index contributed by atoms with van der Waals surface area (Å²) in [7, 11) is 45.0. The van der Waals surface area contributed by atoms with Gasteiger partial charge in [-0.3, -0.25) is 0 Å². The van der Waals surface area contributed by atoms with Gasteiger partial charge in [0, 0.05) is 16.7 Å². The van der Waals surface area contributed by atoms with Crippen molar-refractivity contribution >= 4 is 125 Å². The van der Waals surface area contributed by atoms with E-state index in [4.69, 9.17) is 69.9 Å². The lowest BCUT2D eigenvalue weighted by molar-refractivity contribution is 1.07. The SMILES string of the molecule is [B]c1c([B])c([B])c2c(-c3ccc4cc(-c5cccc(-c6nc(-c7ccccc7)nc(-c7cccc(-c8cccc9ccccc89)c7)n6)c5)ccc4c3)c([B])c([B])c([B])c2c1[B]. The Morgan fingerprint density at radius 2 is 0.738 bits per heavy atom. The molecule has 0 spiro atoms. The zero-order chi connectivity index (χ0) is 41.9. The lowest BCUT2D eigenvalue weighted by Crippen LogP contribution is -2.52. The Labute approximate surface area is 364 Å². The molecular weight excluding hydrogens is 730 g/mol. The third-order valence-corrected chi connectivity index (χ3v) is 11.5. The van der Waals surface area contributed by atoms with Gasteiger partial charge in [0.1, 0.15) is 54.9 Å². The average Bonchev–Trinajstić information content (AvgIpc) is 3.31. The lowest BCUT2D eigenvalue weighted by atomic mass is 9.59. The van der Waals surface area contributed by atoms with E-state index in [0.717, 1.165) is 55.3 Å². The van der Waals surface area contributed by atoms with Crippen molar-refractivity contribution in [1.82, 2.24) is 15.0 Å². The molecule has 10 rings (SSSR count). The number of rotatable bonds is 6. The van der Waals surface area contributed by atoms with Crippen LogP contribution in [0.2, 0.25) is 0 Å². The summed E-state index contributed by atoms with van der Waals surface area (Å²) in [5.41, 5.74) is 9.71. The molecule has 0 aliphatic carbocycles. The second-order valence-corrected chi connectivity index (χ2v) is 15.2. The molecule has 0 amide bonds. The first-order chi connectivity index (χ1) is 29.6. The Hall–Kier alpha value is -6.78. The standard InChI is InChI=1S/C51H26B7N3/c52-42-39(40-41(44(54)46(42)56)45(55)48(58)47(57)43(40)53)34-22-21-31-23-30(19-20-32(31)24-34)29-13-6-15-35(25-29)50-59-49(28-10-2-1-3-11-28)60-51(61-50)36-16-7-14-33(26-36)38-18-8-12-27-9-4-5-17-37(27)38/h1-26H. The number of hydrogen-bond donors (Lipinski definition) is 0. The van der Waals surface area contributed by atoms with Crippen LogP contribution < -0.4 is 38.2 Å². The van der Waals surface area contributed by atoms with Crippen molar-refractivity contribution in [3.8, 4) is 67.5 Å². The van der Waals surface area contributed by atoms with Crippen LogP contribution in [0.4, 0.5) is 0 Å². The summed E-state index contributed by atoms with van der Waals surface area (Å²) < 4.78 is 0. The maximum Gasteiger partial charge on any atom is 0.164 e. The van der Waals surface area contributed by atoms with Crippen LogP contribution in [0.5, 0.6) is 0 Å². The summed E-state index contributed by atoms with van der Waals surface area (Å²) in [4.78, 5) is 15.1. The molecule has 0 saturated carbocycles. The number of aromatic nitrogens is 3. The average molecular weight is 756 g/mol. The highest BCUT2D eigenvalue weighted by molar-refractivity contribution is 6.71. The summed E-state index contributed by atoms with van der Waals surface area (Å²) in [5.74, 6) is 1.75. The molecule has 0 N–H and O–H groups in total. The van der Waals surface area contributed by atoms with Crippen molar-refractivity contribution in [2.45, 2.75) is 0 Å². The van der Waals surface area contributed by atoms with Crippen molar-refractivity contribution < 1.29 is 0 Å². The molecule has 0 aliphatic heterocycles. The quantitative estimate of drug-likeness (QED) is 0.227. The molecular formula is C51H26B7N3.